The van der Waals surface area contributed by atoms with Gasteiger partial charge < -0.3 is 37.9 Å². The van der Waals surface area contributed by atoms with Crippen LogP contribution in [0, 0.1) is 24.7 Å². The highest BCUT2D eigenvalue weighted by molar-refractivity contribution is 6.20. The lowest BCUT2D eigenvalue weighted by molar-refractivity contribution is 0.0584. The first-order valence-corrected chi connectivity index (χ1v) is 12.9. The Balaban J connectivity index is 2.51. The van der Waals surface area contributed by atoms with Gasteiger partial charge in [0.2, 0.25) is 0 Å². The fourth-order valence-corrected chi connectivity index (χ4v) is 5.39. The lowest BCUT2D eigenvalue weighted by Gasteiger charge is -2.25. The number of carbonyl (C=O) groups excluding carboxylic acids is 2. The number of ether oxygens (including phenoxy) is 8. The fourth-order valence-electron chi connectivity index (χ4n) is 5.39. The average Bonchev–Trinajstić information content (AvgIpc) is 3.07. The summed E-state index contributed by atoms with van der Waals surface area (Å²) in [6.45, 7) is 0. The predicted octanol–water partition coefficient (Wildman–Crippen LogP) is 5.25. The maximum absolute atomic E-state index is 13.4. The number of fused-ring (bicyclic) bond motifs is 2. The van der Waals surface area contributed by atoms with E-state index in [9.17, 15) is 9.59 Å². The molecule has 0 heterocycles. The first-order chi connectivity index (χ1) is 21.2. The van der Waals surface area contributed by atoms with Crippen molar-refractivity contribution in [3.63, 3.8) is 0 Å². The maximum atomic E-state index is 13.4. The molecule has 4 aromatic rings. The Bertz CT molecular complexity index is 1770. The molecule has 4 aromatic carbocycles. The van der Waals surface area contributed by atoms with Crippen molar-refractivity contribution in [2.45, 2.75) is 0 Å². The predicted molar refractivity (Wildman–Crippen MR) is 165 cm³/mol. The molecule has 0 bridgehead atoms. The van der Waals surface area contributed by atoms with E-state index in [4.69, 9.17) is 50.7 Å². The van der Waals surface area contributed by atoms with Crippen LogP contribution in [0.2, 0.25) is 0 Å². The maximum Gasteiger partial charge on any atom is 0.345 e. The summed E-state index contributed by atoms with van der Waals surface area (Å²) in [5.74, 6) is 4.85. The topological polar surface area (TPSA) is 108 Å². The molecule has 10 nitrogen and oxygen atoms in total. The molecule has 10 heteroatoms. The van der Waals surface area contributed by atoms with E-state index in [2.05, 4.69) is 11.8 Å². The van der Waals surface area contributed by atoms with Gasteiger partial charge in [0.1, 0.15) is 45.6 Å². The van der Waals surface area contributed by atoms with Gasteiger partial charge in [-0.25, -0.2) is 9.59 Å². The van der Waals surface area contributed by atoms with E-state index in [-0.39, 0.29) is 34.1 Å². The highest BCUT2D eigenvalue weighted by atomic mass is 16.5. The molecule has 0 atom stereocenters. The van der Waals surface area contributed by atoms with Gasteiger partial charge in [-0.2, -0.15) is 0 Å². The van der Waals surface area contributed by atoms with Crippen LogP contribution in [0.1, 0.15) is 31.8 Å². The fraction of sp³-hybridized carbons (Fsp3) is 0.235. The van der Waals surface area contributed by atoms with Crippen LogP contribution in [0.25, 0.3) is 32.7 Å². The van der Waals surface area contributed by atoms with Gasteiger partial charge in [0.05, 0.1) is 68.0 Å². The van der Waals surface area contributed by atoms with Crippen molar-refractivity contribution in [3.8, 4) is 70.3 Å². The number of methoxy groups -OCH3 is 8. The number of esters is 2. The Hall–Kier alpha value is -5.74. The van der Waals surface area contributed by atoms with Crippen molar-refractivity contribution in [1.29, 1.82) is 0 Å². The largest absolute Gasteiger partial charge is 0.495 e. The van der Waals surface area contributed by atoms with Crippen LogP contribution in [-0.4, -0.2) is 68.8 Å². The smallest absolute Gasteiger partial charge is 0.345 e. The number of rotatable bonds is 9. The van der Waals surface area contributed by atoms with E-state index in [1.807, 2.05) is 0 Å². The minimum Gasteiger partial charge on any atom is -0.495 e. The van der Waals surface area contributed by atoms with E-state index in [0.29, 0.717) is 55.3 Å². The van der Waals surface area contributed by atoms with Crippen LogP contribution in [0.4, 0.5) is 0 Å². The van der Waals surface area contributed by atoms with Gasteiger partial charge >= 0.3 is 11.9 Å². The van der Waals surface area contributed by atoms with Gasteiger partial charge in [-0.15, -0.1) is 12.8 Å². The summed E-state index contributed by atoms with van der Waals surface area (Å²) < 4.78 is 44.8. The van der Waals surface area contributed by atoms with E-state index in [1.165, 1.54) is 56.9 Å². The molecule has 0 saturated heterocycles. The highest BCUT2D eigenvalue weighted by Crippen LogP contribution is 2.55. The molecule has 0 aromatic heterocycles. The molecule has 0 amide bonds. The second kappa shape index (κ2) is 12.6. The second-order valence-corrected chi connectivity index (χ2v) is 9.10. The third kappa shape index (κ3) is 4.67. The Morgan fingerprint density at radius 1 is 0.500 bits per heavy atom. The molecule has 0 aliphatic heterocycles. The molecule has 0 aliphatic rings. The minimum absolute atomic E-state index is 0.0353. The monoisotopic (exact) mass is 598 g/mol. The summed E-state index contributed by atoms with van der Waals surface area (Å²) in [6.07, 6.45) is 11.8. The second-order valence-electron chi connectivity index (χ2n) is 9.10. The van der Waals surface area contributed by atoms with Crippen LogP contribution < -0.4 is 28.4 Å². The third-order valence-corrected chi connectivity index (χ3v) is 7.23. The molecular formula is C34H30O10. The quantitative estimate of drug-likeness (QED) is 0.187. The Morgan fingerprint density at radius 2 is 0.841 bits per heavy atom. The van der Waals surface area contributed by atoms with Gasteiger partial charge in [-0.3, -0.25) is 0 Å². The van der Waals surface area contributed by atoms with Gasteiger partial charge in [-0.05, 0) is 35.0 Å². The Morgan fingerprint density at radius 3 is 1.09 bits per heavy atom. The van der Waals surface area contributed by atoms with Crippen molar-refractivity contribution in [2.24, 2.45) is 0 Å². The lowest BCUT2D eigenvalue weighted by atomic mass is 9.86. The standard InChI is InChI=1S/C34H30O10/c1-11-17-13-19-21(15-23(17)37-3)29(39-5)27(33(35)43-9)31(41-7)25(19)26-20-14-18(12-2)24(38-4)16-22(20)30(40-6)28(32(26)42-8)34(36)44-10/h1-2,13-16H,3-10H3. The number of hydrogen-bond acceptors (Lipinski definition) is 10. The number of terminal acetylenes is 2. The molecule has 0 saturated carbocycles. The molecular weight excluding hydrogens is 568 g/mol. The molecule has 0 spiro atoms. The molecule has 0 unspecified atom stereocenters. The first kappa shape index (κ1) is 31.2. The van der Waals surface area contributed by atoms with Gasteiger partial charge in [-0.1, -0.05) is 11.8 Å². The van der Waals surface area contributed by atoms with Crippen molar-refractivity contribution >= 4 is 33.5 Å². The molecule has 226 valence electrons. The van der Waals surface area contributed by atoms with Crippen molar-refractivity contribution in [3.05, 3.63) is 46.5 Å². The normalized spacial score (nSPS) is 10.4. The van der Waals surface area contributed by atoms with Crippen molar-refractivity contribution in [1.82, 2.24) is 0 Å². The van der Waals surface area contributed by atoms with Crippen LogP contribution in [0.15, 0.2) is 24.3 Å². The highest BCUT2D eigenvalue weighted by Gasteiger charge is 2.34. The van der Waals surface area contributed by atoms with Crippen molar-refractivity contribution in [2.75, 3.05) is 56.9 Å². The Kier molecular flexibility index (Phi) is 8.96. The van der Waals surface area contributed by atoms with Crippen LogP contribution in [0.3, 0.4) is 0 Å². The summed E-state index contributed by atoms with van der Waals surface area (Å²) in [6, 6.07) is 6.67. The lowest BCUT2D eigenvalue weighted by Crippen LogP contribution is -2.11. The molecule has 4 rings (SSSR count). The minimum atomic E-state index is -0.752. The third-order valence-electron chi connectivity index (χ3n) is 7.23. The SMILES string of the molecule is C#Cc1cc2c(-c3c(OC)c(C(=O)OC)c(OC)c4cc(OC)c(C#C)cc34)c(OC)c(C(=O)OC)c(OC)c2cc1OC. The molecule has 0 radical (unpaired) electrons. The van der Waals surface area contributed by atoms with E-state index in [0.717, 1.165) is 0 Å². The van der Waals surface area contributed by atoms with E-state index in [1.54, 1.807) is 24.3 Å². The van der Waals surface area contributed by atoms with Gasteiger partial charge in [0.15, 0.2) is 0 Å². The van der Waals surface area contributed by atoms with E-state index < -0.39 is 11.9 Å². The summed E-state index contributed by atoms with van der Waals surface area (Å²) >= 11 is 0. The van der Waals surface area contributed by atoms with Crippen molar-refractivity contribution < 1.29 is 47.5 Å². The number of benzene rings is 4. The number of carbonyl (C=O) groups is 2. The molecule has 44 heavy (non-hydrogen) atoms. The summed E-state index contributed by atoms with van der Waals surface area (Å²) in [4.78, 5) is 26.8. The molecule has 0 fully saturated rings. The summed E-state index contributed by atoms with van der Waals surface area (Å²) in [5.41, 5.74) is 1.34. The number of hydrogen-bond donors (Lipinski definition) is 0. The van der Waals surface area contributed by atoms with Crippen LogP contribution in [0.5, 0.6) is 34.5 Å². The molecule has 0 N–H and O–H groups in total. The average molecular weight is 599 g/mol. The zero-order valence-electron chi connectivity index (χ0n) is 25.5. The summed E-state index contributed by atoms with van der Waals surface area (Å²) in [7, 11) is 11.0. The van der Waals surface area contributed by atoms with Crippen LogP contribution in [-0.2, 0) is 9.47 Å². The zero-order valence-corrected chi connectivity index (χ0v) is 25.5. The van der Waals surface area contributed by atoms with Gasteiger partial charge in [0.25, 0.3) is 0 Å². The molecule has 0 aliphatic carbocycles. The zero-order chi connectivity index (χ0) is 32.3. The van der Waals surface area contributed by atoms with E-state index >= 15 is 0 Å². The summed E-state index contributed by atoms with van der Waals surface area (Å²) in [5, 5.41) is 1.80. The Labute approximate surface area is 254 Å². The first-order valence-electron chi connectivity index (χ1n) is 12.9. The van der Waals surface area contributed by atoms with Crippen LogP contribution >= 0.6 is 0 Å². The van der Waals surface area contributed by atoms with Gasteiger partial charge in [0, 0.05) is 21.9 Å².